The third kappa shape index (κ3) is 2.45. The molecule has 0 aliphatic carbocycles. The van der Waals surface area contributed by atoms with Gasteiger partial charge in [0.1, 0.15) is 0 Å². The summed E-state index contributed by atoms with van der Waals surface area (Å²) in [5.74, 6) is 0.542. The number of piperidine rings is 1. The second-order valence-corrected chi connectivity index (χ2v) is 4.06. The number of aliphatic hydroxyl groups is 1. The third-order valence-corrected chi connectivity index (χ3v) is 2.99. The number of ether oxygens (including phenoxy) is 2. The molecule has 2 saturated heterocycles. The van der Waals surface area contributed by atoms with Gasteiger partial charge in [0, 0.05) is 12.5 Å². The molecule has 2 rings (SSSR count). The second-order valence-electron chi connectivity index (χ2n) is 4.06. The lowest BCUT2D eigenvalue weighted by atomic mass is 9.98. The van der Waals surface area contributed by atoms with Gasteiger partial charge in [0.2, 0.25) is 0 Å². The maximum absolute atomic E-state index is 8.78. The molecule has 2 aliphatic heterocycles. The van der Waals surface area contributed by atoms with E-state index in [1.54, 1.807) is 0 Å². The van der Waals surface area contributed by atoms with E-state index in [-0.39, 0.29) is 19.0 Å². The van der Waals surface area contributed by atoms with Gasteiger partial charge in [0.15, 0.2) is 6.29 Å². The summed E-state index contributed by atoms with van der Waals surface area (Å²) in [7, 11) is 0. The van der Waals surface area contributed by atoms with Crippen molar-refractivity contribution in [1.29, 1.82) is 0 Å². The van der Waals surface area contributed by atoms with E-state index in [0.717, 1.165) is 25.9 Å². The van der Waals surface area contributed by atoms with E-state index in [0.29, 0.717) is 18.9 Å². The summed E-state index contributed by atoms with van der Waals surface area (Å²) < 4.78 is 11.3. The second kappa shape index (κ2) is 5.07. The first-order valence-electron chi connectivity index (χ1n) is 5.49. The average Bonchev–Trinajstić information content (AvgIpc) is 2.68. The summed E-state index contributed by atoms with van der Waals surface area (Å²) in [6.07, 6.45) is 3.06. The van der Waals surface area contributed by atoms with Crippen molar-refractivity contribution in [3.63, 3.8) is 0 Å². The summed E-state index contributed by atoms with van der Waals surface area (Å²) in [6, 6.07) is 0. The first kappa shape index (κ1) is 10.4. The molecule has 0 aromatic rings. The monoisotopic (exact) mass is 201 g/mol. The van der Waals surface area contributed by atoms with Crippen LogP contribution in [0.15, 0.2) is 0 Å². The predicted molar refractivity (Wildman–Crippen MR) is 51.9 cm³/mol. The molecule has 4 nitrogen and oxygen atoms in total. The fourth-order valence-corrected chi connectivity index (χ4v) is 2.13. The first-order chi connectivity index (χ1) is 6.90. The summed E-state index contributed by atoms with van der Waals surface area (Å²) in [5.41, 5.74) is 0. The number of aliphatic hydroxyl groups excluding tert-OH is 1. The molecule has 2 unspecified atom stereocenters. The van der Waals surface area contributed by atoms with Crippen molar-refractivity contribution >= 4 is 0 Å². The normalized spacial score (nSPS) is 34.9. The lowest BCUT2D eigenvalue weighted by molar-refractivity contribution is -0.104. The highest BCUT2D eigenvalue weighted by molar-refractivity contribution is 4.76. The molecule has 0 spiro atoms. The van der Waals surface area contributed by atoms with Crippen LogP contribution in [0.4, 0.5) is 0 Å². The Morgan fingerprint density at radius 1 is 1.29 bits per heavy atom. The Labute approximate surface area is 84.6 Å². The number of hydrogen-bond acceptors (Lipinski definition) is 4. The molecular weight excluding hydrogens is 182 g/mol. The van der Waals surface area contributed by atoms with Crippen LogP contribution >= 0.6 is 0 Å². The maximum Gasteiger partial charge on any atom is 0.161 e. The molecule has 0 aromatic carbocycles. The molecule has 0 amide bonds. The molecule has 0 bridgehead atoms. The van der Waals surface area contributed by atoms with Crippen molar-refractivity contribution in [1.82, 2.24) is 5.32 Å². The molecule has 2 fully saturated rings. The highest BCUT2D eigenvalue weighted by Gasteiger charge is 2.32. The number of nitrogens with one attached hydrogen (secondary N) is 1. The Balaban J connectivity index is 1.76. The van der Waals surface area contributed by atoms with Gasteiger partial charge >= 0.3 is 0 Å². The average molecular weight is 201 g/mol. The van der Waals surface area contributed by atoms with Crippen LogP contribution in [0.3, 0.4) is 0 Å². The summed E-state index contributed by atoms with van der Waals surface area (Å²) >= 11 is 0. The SMILES string of the molecule is OCCC1COC(C2CCNCC2)O1. The van der Waals surface area contributed by atoms with Gasteiger partial charge in [0.25, 0.3) is 0 Å². The van der Waals surface area contributed by atoms with Crippen molar-refractivity contribution in [2.45, 2.75) is 31.7 Å². The molecule has 0 saturated carbocycles. The van der Waals surface area contributed by atoms with Gasteiger partial charge in [-0.25, -0.2) is 0 Å². The minimum Gasteiger partial charge on any atom is -0.396 e. The van der Waals surface area contributed by atoms with Gasteiger partial charge in [0.05, 0.1) is 12.7 Å². The molecular formula is C10H19NO3. The third-order valence-electron chi connectivity index (χ3n) is 2.99. The molecule has 0 radical (unpaired) electrons. The van der Waals surface area contributed by atoms with Gasteiger partial charge in [-0.3, -0.25) is 0 Å². The molecule has 0 aromatic heterocycles. The van der Waals surface area contributed by atoms with Gasteiger partial charge < -0.3 is 19.9 Å². The lowest BCUT2D eigenvalue weighted by Gasteiger charge is -2.26. The van der Waals surface area contributed by atoms with Crippen LogP contribution in [0.2, 0.25) is 0 Å². The van der Waals surface area contributed by atoms with E-state index < -0.39 is 0 Å². The fourth-order valence-electron chi connectivity index (χ4n) is 2.13. The molecule has 4 heteroatoms. The highest BCUT2D eigenvalue weighted by Crippen LogP contribution is 2.26. The molecule has 2 atom stereocenters. The van der Waals surface area contributed by atoms with Crippen molar-refractivity contribution in [3.8, 4) is 0 Å². The standard InChI is InChI=1S/C10H19NO3/c12-6-3-9-7-13-10(14-9)8-1-4-11-5-2-8/h8-12H,1-7H2. The molecule has 2 heterocycles. The minimum atomic E-state index is -0.0198. The Bertz CT molecular complexity index is 171. The van der Waals surface area contributed by atoms with Crippen molar-refractivity contribution in [2.24, 2.45) is 5.92 Å². The smallest absolute Gasteiger partial charge is 0.161 e. The number of hydrogen-bond donors (Lipinski definition) is 2. The van der Waals surface area contributed by atoms with Crippen molar-refractivity contribution in [3.05, 3.63) is 0 Å². The highest BCUT2D eigenvalue weighted by atomic mass is 16.7. The zero-order valence-electron chi connectivity index (χ0n) is 8.45. The van der Waals surface area contributed by atoms with E-state index in [9.17, 15) is 0 Å². The predicted octanol–water partition coefficient (Wildman–Crippen LogP) is 0.110. The Kier molecular flexibility index (Phi) is 3.75. The fraction of sp³-hybridized carbons (Fsp3) is 1.00. The van der Waals surface area contributed by atoms with Crippen LogP contribution in [-0.2, 0) is 9.47 Å². The van der Waals surface area contributed by atoms with Crippen LogP contribution in [-0.4, -0.2) is 43.8 Å². The molecule has 2 N–H and O–H groups in total. The molecule has 82 valence electrons. The summed E-state index contributed by atoms with van der Waals surface area (Å²) in [4.78, 5) is 0. The van der Waals surface area contributed by atoms with Crippen LogP contribution in [0.1, 0.15) is 19.3 Å². The first-order valence-corrected chi connectivity index (χ1v) is 5.49. The zero-order chi connectivity index (χ0) is 9.80. The zero-order valence-corrected chi connectivity index (χ0v) is 8.45. The Morgan fingerprint density at radius 3 is 2.79 bits per heavy atom. The van der Waals surface area contributed by atoms with E-state index in [4.69, 9.17) is 14.6 Å². The van der Waals surface area contributed by atoms with E-state index in [1.807, 2.05) is 0 Å². The minimum absolute atomic E-state index is 0.0198. The van der Waals surface area contributed by atoms with E-state index >= 15 is 0 Å². The largest absolute Gasteiger partial charge is 0.396 e. The number of rotatable bonds is 3. The Hall–Kier alpha value is -0.160. The summed E-state index contributed by atoms with van der Waals surface area (Å²) in [6.45, 7) is 2.97. The topological polar surface area (TPSA) is 50.7 Å². The van der Waals surface area contributed by atoms with Gasteiger partial charge in [-0.05, 0) is 32.4 Å². The maximum atomic E-state index is 8.78. The summed E-state index contributed by atoms with van der Waals surface area (Å²) in [5, 5.41) is 12.1. The van der Waals surface area contributed by atoms with Gasteiger partial charge in [-0.1, -0.05) is 0 Å². The van der Waals surface area contributed by atoms with E-state index in [1.165, 1.54) is 0 Å². The van der Waals surface area contributed by atoms with Crippen LogP contribution < -0.4 is 5.32 Å². The van der Waals surface area contributed by atoms with Crippen LogP contribution in [0.25, 0.3) is 0 Å². The van der Waals surface area contributed by atoms with Gasteiger partial charge in [-0.2, -0.15) is 0 Å². The molecule has 14 heavy (non-hydrogen) atoms. The van der Waals surface area contributed by atoms with Gasteiger partial charge in [-0.15, -0.1) is 0 Å². The quantitative estimate of drug-likeness (QED) is 0.680. The van der Waals surface area contributed by atoms with Crippen LogP contribution in [0, 0.1) is 5.92 Å². The van der Waals surface area contributed by atoms with E-state index in [2.05, 4.69) is 5.32 Å². The van der Waals surface area contributed by atoms with Crippen LogP contribution in [0.5, 0.6) is 0 Å². The Morgan fingerprint density at radius 2 is 2.07 bits per heavy atom. The van der Waals surface area contributed by atoms with Crippen molar-refractivity contribution < 1.29 is 14.6 Å². The lowest BCUT2D eigenvalue weighted by Crippen LogP contribution is -2.34. The van der Waals surface area contributed by atoms with Crippen molar-refractivity contribution in [2.75, 3.05) is 26.3 Å². The molecule has 2 aliphatic rings.